The molecular formula is C12H14N2O2. The molecule has 4 nitrogen and oxygen atoms in total. The van der Waals surface area contributed by atoms with Crippen LogP contribution in [0, 0.1) is 6.92 Å². The summed E-state index contributed by atoms with van der Waals surface area (Å²) in [7, 11) is 1.58. The van der Waals surface area contributed by atoms with Crippen LogP contribution in [0.2, 0.25) is 0 Å². The van der Waals surface area contributed by atoms with Crippen molar-refractivity contribution in [1.82, 2.24) is 0 Å². The highest BCUT2D eigenvalue weighted by atomic mass is 16.5. The van der Waals surface area contributed by atoms with Crippen LogP contribution in [0.15, 0.2) is 29.1 Å². The molecule has 0 unspecified atom stereocenters. The monoisotopic (exact) mass is 218 g/mol. The highest BCUT2D eigenvalue weighted by molar-refractivity contribution is 5.79. The third kappa shape index (κ3) is 2.05. The fraction of sp³-hybridized carbons (Fsp3) is 0.333. The Bertz CT molecular complexity index is 464. The summed E-state index contributed by atoms with van der Waals surface area (Å²) in [5, 5.41) is 11.6. The van der Waals surface area contributed by atoms with Crippen molar-refractivity contribution in [3.8, 4) is 0 Å². The molecule has 0 saturated carbocycles. The molecule has 2 heterocycles. The van der Waals surface area contributed by atoms with Crippen LogP contribution in [-0.4, -0.2) is 13.0 Å². The topological polar surface area (TPSA) is 48.5 Å². The Hall–Kier alpha value is -1.84. The number of hydrogen-bond donors (Lipinski definition) is 0. The summed E-state index contributed by atoms with van der Waals surface area (Å²) in [6.07, 6.45) is 4.40. The van der Waals surface area contributed by atoms with Crippen LogP contribution in [0.5, 0.6) is 0 Å². The van der Waals surface area contributed by atoms with Crippen molar-refractivity contribution in [2.45, 2.75) is 19.8 Å². The number of allylic oxidation sites excluding steroid dienone is 1. The Balaban J connectivity index is 2.58. The molecule has 0 radical (unpaired) electrons. The fourth-order valence-corrected chi connectivity index (χ4v) is 1.65. The van der Waals surface area contributed by atoms with Gasteiger partial charge in [0.25, 0.3) is 0 Å². The summed E-state index contributed by atoms with van der Waals surface area (Å²) < 4.78 is 6.90. The fourth-order valence-electron chi connectivity index (χ4n) is 1.65. The van der Waals surface area contributed by atoms with Crippen molar-refractivity contribution in [3.63, 3.8) is 0 Å². The Kier molecular flexibility index (Phi) is 2.90. The molecule has 1 aliphatic heterocycles. The second-order valence-electron chi connectivity index (χ2n) is 3.73. The van der Waals surface area contributed by atoms with E-state index in [9.17, 15) is 5.11 Å². The first-order valence-corrected chi connectivity index (χ1v) is 5.20. The quantitative estimate of drug-likeness (QED) is 0.608. The molecular weight excluding hydrogens is 204 g/mol. The molecule has 0 bridgehead atoms. The van der Waals surface area contributed by atoms with Gasteiger partial charge in [0.15, 0.2) is 0 Å². The van der Waals surface area contributed by atoms with E-state index in [0.717, 1.165) is 11.4 Å². The van der Waals surface area contributed by atoms with Gasteiger partial charge in [-0.1, -0.05) is 5.76 Å². The van der Waals surface area contributed by atoms with Crippen molar-refractivity contribution in [2.24, 2.45) is 4.99 Å². The van der Waals surface area contributed by atoms with E-state index in [2.05, 4.69) is 4.99 Å². The van der Waals surface area contributed by atoms with Crippen molar-refractivity contribution in [1.29, 1.82) is 0 Å². The highest BCUT2D eigenvalue weighted by Crippen LogP contribution is 2.16. The maximum atomic E-state index is 11.6. The molecule has 0 fully saturated rings. The molecule has 0 amide bonds. The van der Waals surface area contributed by atoms with Gasteiger partial charge in [0.05, 0.1) is 25.9 Å². The highest BCUT2D eigenvalue weighted by Gasteiger charge is 2.17. The standard InChI is InChI=1S/C12H14N2O2/c1-9-4-3-7-14-8-10(15)5-6-11(16-2)13-12(9)14/h3-4,7-8H,5-6H2,1-2H3. The number of nitrogens with zero attached hydrogens (tertiary/aromatic N) is 2. The van der Waals surface area contributed by atoms with Gasteiger partial charge in [0.1, 0.15) is 0 Å². The molecule has 1 aromatic heterocycles. The van der Waals surface area contributed by atoms with Crippen molar-refractivity contribution in [2.75, 3.05) is 7.11 Å². The first-order chi connectivity index (χ1) is 7.70. The number of fused-ring (bicyclic) bond motifs is 1. The van der Waals surface area contributed by atoms with E-state index in [4.69, 9.17) is 4.74 Å². The maximum absolute atomic E-state index is 11.6. The molecule has 1 aromatic rings. The van der Waals surface area contributed by atoms with Crippen LogP contribution >= 0.6 is 0 Å². The number of pyridine rings is 1. The minimum atomic E-state index is 0.0845. The van der Waals surface area contributed by atoms with Crippen LogP contribution in [-0.2, 0) is 4.74 Å². The van der Waals surface area contributed by atoms with Crippen LogP contribution in [0.25, 0.3) is 6.20 Å². The van der Waals surface area contributed by atoms with Gasteiger partial charge < -0.3 is 9.84 Å². The zero-order chi connectivity index (χ0) is 11.5. The smallest absolute Gasteiger partial charge is 0.334 e. The second kappa shape index (κ2) is 4.35. The Morgan fingerprint density at radius 2 is 2.25 bits per heavy atom. The molecule has 84 valence electrons. The number of rotatable bonds is 0. The van der Waals surface area contributed by atoms with E-state index in [0.29, 0.717) is 18.7 Å². The van der Waals surface area contributed by atoms with Gasteiger partial charge in [-0.15, -0.1) is 0 Å². The average Bonchev–Trinajstić information content (AvgIpc) is 2.24. The first kappa shape index (κ1) is 10.7. The Labute approximate surface area is 94.5 Å². The van der Waals surface area contributed by atoms with Gasteiger partial charge in [-0.2, -0.15) is 0 Å². The molecule has 0 N–H and O–H groups in total. The number of aliphatic imine (C=N–C) groups is 1. The summed E-state index contributed by atoms with van der Waals surface area (Å²) in [6, 6.07) is 3.86. The first-order valence-electron chi connectivity index (χ1n) is 5.20. The summed E-state index contributed by atoms with van der Waals surface area (Å²) >= 11 is 0. The number of hydrogen-bond acceptors (Lipinski definition) is 3. The lowest BCUT2D eigenvalue weighted by molar-refractivity contribution is -0.559. The lowest BCUT2D eigenvalue weighted by Gasteiger charge is -2.12. The van der Waals surface area contributed by atoms with Gasteiger partial charge in [0, 0.05) is 5.56 Å². The molecule has 0 aromatic carbocycles. The maximum Gasteiger partial charge on any atom is 0.334 e. The van der Waals surface area contributed by atoms with Crippen LogP contribution in [0.1, 0.15) is 18.4 Å². The van der Waals surface area contributed by atoms with E-state index in [1.165, 1.54) is 0 Å². The molecule has 4 heteroatoms. The van der Waals surface area contributed by atoms with Crippen molar-refractivity contribution >= 4 is 17.9 Å². The third-order valence-electron chi connectivity index (χ3n) is 2.52. The number of aromatic nitrogens is 1. The zero-order valence-corrected chi connectivity index (χ0v) is 9.43. The van der Waals surface area contributed by atoms with E-state index in [1.54, 1.807) is 17.9 Å². The van der Waals surface area contributed by atoms with Gasteiger partial charge in [-0.25, -0.2) is 4.57 Å². The van der Waals surface area contributed by atoms with E-state index in [1.807, 2.05) is 25.3 Å². The third-order valence-corrected chi connectivity index (χ3v) is 2.52. The summed E-state index contributed by atoms with van der Waals surface area (Å²) in [5.74, 6) is 1.44. The van der Waals surface area contributed by atoms with Crippen molar-refractivity contribution < 1.29 is 14.4 Å². The van der Waals surface area contributed by atoms with Gasteiger partial charge in [0.2, 0.25) is 0 Å². The second-order valence-corrected chi connectivity index (χ2v) is 3.73. The Morgan fingerprint density at radius 1 is 1.44 bits per heavy atom. The Morgan fingerprint density at radius 3 is 3.00 bits per heavy atom. The lowest BCUT2D eigenvalue weighted by atomic mass is 10.2. The normalized spacial score (nSPS) is 15.4. The molecule has 16 heavy (non-hydrogen) atoms. The predicted molar refractivity (Wildman–Crippen MR) is 59.0 cm³/mol. The van der Waals surface area contributed by atoms with Crippen molar-refractivity contribution in [3.05, 3.63) is 29.7 Å². The molecule has 0 spiro atoms. The largest absolute Gasteiger partial charge is 0.873 e. The average molecular weight is 218 g/mol. The minimum Gasteiger partial charge on any atom is -0.873 e. The van der Waals surface area contributed by atoms with Gasteiger partial charge in [-0.3, -0.25) is 0 Å². The van der Waals surface area contributed by atoms with Gasteiger partial charge in [-0.05, 0) is 30.5 Å². The number of methoxy groups -OCH3 is 1. The molecule has 0 atom stereocenters. The number of aryl methyl sites for hydroxylation is 1. The van der Waals surface area contributed by atoms with E-state index < -0.39 is 0 Å². The summed E-state index contributed by atoms with van der Waals surface area (Å²) in [5.41, 5.74) is 1.02. The van der Waals surface area contributed by atoms with E-state index >= 15 is 0 Å². The summed E-state index contributed by atoms with van der Waals surface area (Å²) in [4.78, 5) is 4.43. The number of ether oxygens (including phenoxy) is 1. The van der Waals surface area contributed by atoms with Crippen LogP contribution in [0.3, 0.4) is 0 Å². The predicted octanol–water partition coefficient (Wildman–Crippen LogP) is 0.911. The van der Waals surface area contributed by atoms with E-state index in [-0.39, 0.29) is 5.76 Å². The SMILES string of the molecule is COC1=Nc2c(C)ccc[n+]2C=C([O-])CC1. The van der Waals surface area contributed by atoms with Gasteiger partial charge >= 0.3 is 11.7 Å². The van der Waals surface area contributed by atoms with Crippen LogP contribution in [0.4, 0.5) is 5.82 Å². The lowest BCUT2D eigenvalue weighted by Crippen LogP contribution is -2.30. The molecule has 2 rings (SSSR count). The summed E-state index contributed by atoms with van der Waals surface area (Å²) in [6.45, 7) is 1.96. The molecule has 0 saturated heterocycles. The molecule has 0 aliphatic carbocycles. The minimum absolute atomic E-state index is 0.0845. The molecule has 1 aliphatic rings. The zero-order valence-electron chi connectivity index (χ0n) is 9.43. The van der Waals surface area contributed by atoms with Crippen LogP contribution < -0.4 is 9.67 Å².